The van der Waals surface area contributed by atoms with Crippen LogP contribution in [0, 0.1) is 0 Å². The zero-order valence-electron chi connectivity index (χ0n) is 9.97. The van der Waals surface area contributed by atoms with E-state index in [1.165, 1.54) is 0 Å². The summed E-state index contributed by atoms with van der Waals surface area (Å²) in [6, 6.07) is 15.3. The summed E-state index contributed by atoms with van der Waals surface area (Å²) < 4.78 is 0. The molecule has 0 bridgehead atoms. The third-order valence-electron chi connectivity index (χ3n) is 2.87. The molecule has 2 nitrogen and oxygen atoms in total. The second kappa shape index (κ2) is 5.32. The van der Waals surface area contributed by atoms with Gasteiger partial charge in [-0.05, 0) is 29.2 Å². The molecular formula is C16H14O2. The molecule has 0 aliphatic carbocycles. The van der Waals surface area contributed by atoms with Crippen LogP contribution in [0.2, 0.25) is 0 Å². The Morgan fingerprint density at radius 1 is 1.11 bits per heavy atom. The van der Waals surface area contributed by atoms with Gasteiger partial charge in [0.15, 0.2) is 0 Å². The first-order valence-electron chi connectivity index (χ1n) is 5.74. The fourth-order valence-corrected chi connectivity index (χ4v) is 2.01. The molecule has 0 fully saturated rings. The maximum atomic E-state index is 11.1. The van der Waals surface area contributed by atoms with Crippen LogP contribution in [0.15, 0.2) is 55.1 Å². The van der Waals surface area contributed by atoms with E-state index in [-0.39, 0.29) is 0 Å². The Morgan fingerprint density at radius 2 is 1.83 bits per heavy atom. The van der Waals surface area contributed by atoms with Crippen molar-refractivity contribution in [1.29, 1.82) is 0 Å². The van der Waals surface area contributed by atoms with Gasteiger partial charge in [-0.2, -0.15) is 0 Å². The normalized spacial score (nSPS) is 10.0. The van der Waals surface area contributed by atoms with Crippen molar-refractivity contribution in [2.45, 2.75) is 6.42 Å². The van der Waals surface area contributed by atoms with Crippen molar-refractivity contribution in [1.82, 2.24) is 0 Å². The maximum absolute atomic E-state index is 11.1. The van der Waals surface area contributed by atoms with E-state index in [1.807, 2.05) is 36.4 Å². The summed E-state index contributed by atoms with van der Waals surface area (Å²) in [6.07, 6.45) is 2.32. The minimum atomic E-state index is -0.917. The highest BCUT2D eigenvalue weighted by Crippen LogP contribution is 2.19. The second-order valence-electron chi connectivity index (χ2n) is 4.05. The van der Waals surface area contributed by atoms with Crippen LogP contribution < -0.4 is 0 Å². The summed E-state index contributed by atoms with van der Waals surface area (Å²) in [5.74, 6) is -0.917. The van der Waals surface area contributed by atoms with Gasteiger partial charge in [-0.3, -0.25) is 0 Å². The molecule has 18 heavy (non-hydrogen) atoms. The monoisotopic (exact) mass is 238 g/mol. The molecule has 0 saturated carbocycles. The van der Waals surface area contributed by atoms with E-state index < -0.39 is 5.97 Å². The molecule has 2 heteroatoms. The summed E-state index contributed by atoms with van der Waals surface area (Å²) in [6.45, 7) is 3.71. The average molecular weight is 238 g/mol. The smallest absolute Gasteiger partial charge is 0.336 e. The number of benzene rings is 2. The molecule has 2 rings (SSSR count). The lowest BCUT2D eigenvalue weighted by Gasteiger charge is -2.09. The van der Waals surface area contributed by atoms with Crippen molar-refractivity contribution in [3.05, 3.63) is 77.4 Å². The summed E-state index contributed by atoms with van der Waals surface area (Å²) in [4.78, 5) is 11.1. The van der Waals surface area contributed by atoms with E-state index in [0.29, 0.717) is 17.5 Å². The lowest BCUT2D eigenvalue weighted by molar-refractivity contribution is 0.0696. The average Bonchev–Trinajstić information content (AvgIpc) is 2.39. The highest BCUT2D eigenvalue weighted by atomic mass is 16.4. The lowest BCUT2D eigenvalue weighted by Crippen LogP contribution is -2.03. The molecule has 0 amide bonds. The molecule has 2 aromatic rings. The fraction of sp³-hybridized carbons (Fsp3) is 0.0625. The molecule has 0 saturated heterocycles. The van der Waals surface area contributed by atoms with Gasteiger partial charge in [0.2, 0.25) is 0 Å². The maximum Gasteiger partial charge on any atom is 0.336 e. The van der Waals surface area contributed by atoms with Crippen molar-refractivity contribution >= 4 is 12.0 Å². The zero-order valence-corrected chi connectivity index (χ0v) is 9.97. The first kappa shape index (κ1) is 12.1. The SMILES string of the molecule is C=Cc1c(Cc2ccccc2)cccc1C(=O)O. The van der Waals surface area contributed by atoms with Crippen LogP contribution in [0.25, 0.3) is 6.08 Å². The molecule has 0 heterocycles. The number of rotatable bonds is 4. The quantitative estimate of drug-likeness (QED) is 0.883. The fourth-order valence-electron chi connectivity index (χ4n) is 2.01. The highest BCUT2D eigenvalue weighted by molar-refractivity contribution is 5.92. The van der Waals surface area contributed by atoms with Gasteiger partial charge in [-0.25, -0.2) is 4.79 Å². The number of hydrogen-bond acceptors (Lipinski definition) is 1. The minimum absolute atomic E-state index is 0.304. The number of carbonyl (C=O) groups is 1. The lowest BCUT2D eigenvalue weighted by atomic mass is 9.96. The predicted molar refractivity (Wildman–Crippen MR) is 72.7 cm³/mol. The van der Waals surface area contributed by atoms with Crippen LogP contribution in [0.5, 0.6) is 0 Å². The number of carboxylic acid groups (broad SMARTS) is 1. The molecule has 0 aliphatic rings. The molecule has 0 aromatic heterocycles. The first-order chi connectivity index (χ1) is 8.72. The molecule has 0 unspecified atom stereocenters. The van der Waals surface area contributed by atoms with E-state index >= 15 is 0 Å². The van der Waals surface area contributed by atoms with E-state index in [4.69, 9.17) is 5.11 Å². The van der Waals surface area contributed by atoms with Gasteiger partial charge < -0.3 is 5.11 Å². The van der Waals surface area contributed by atoms with Crippen molar-refractivity contribution < 1.29 is 9.90 Å². The minimum Gasteiger partial charge on any atom is -0.478 e. The summed E-state index contributed by atoms with van der Waals surface area (Å²) in [7, 11) is 0. The Balaban J connectivity index is 2.42. The van der Waals surface area contributed by atoms with Gasteiger partial charge >= 0.3 is 5.97 Å². The Bertz CT molecular complexity index is 571. The molecule has 0 spiro atoms. The summed E-state index contributed by atoms with van der Waals surface area (Å²) in [5, 5.41) is 9.14. The predicted octanol–water partition coefficient (Wildman–Crippen LogP) is 3.62. The van der Waals surface area contributed by atoms with Crippen LogP contribution in [0.4, 0.5) is 0 Å². The van der Waals surface area contributed by atoms with Crippen LogP contribution in [0.1, 0.15) is 27.0 Å². The Labute approximate surface area is 106 Å². The van der Waals surface area contributed by atoms with Crippen LogP contribution in [-0.2, 0) is 6.42 Å². The van der Waals surface area contributed by atoms with E-state index in [1.54, 1.807) is 18.2 Å². The van der Waals surface area contributed by atoms with Gasteiger partial charge in [0.1, 0.15) is 0 Å². The molecule has 90 valence electrons. The molecular weight excluding hydrogens is 224 g/mol. The van der Waals surface area contributed by atoms with Crippen molar-refractivity contribution in [3.63, 3.8) is 0 Å². The van der Waals surface area contributed by atoms with E-state index in [2.05, 4.69) is 6.58 Å². The van der Waals surface area contributed by atoms with Gasteiger partial charge in [0.05, 0.1) is 5.56 Å². The van der Waals surface area contributed by atoms with Gasteiger partial charge in [0.25, 0.3) is 0 Å². The summed E-state index contributed by atoms with van der Waals surface area (Å²) in [5.41, 5.74) is 3.14. The standard InChI is InChI=1S/C16H14O2/c1-2-14-13(9-6-10-15(14)16(17)18)11-12-7-4-3-5-8-12/h2-10H,1,11H2,(H,17,18). The van der Waals surface area contributed by atoms with E-state index in [0.717, 1.165) is 11.1 Å². The van der Waals surface area contributed by atoms with Crippen molar-refractivity contribution in [3.8, 4) is 0 Å². The molecule has 0 radical (unpaired) electrons. The molecule has 2 aromatic carbocycles. The van der Waals surface area contributed by atoms with Gasteiger partial charge in [0, 0.05) is 0 Å². The zero-order chi connectivity index (χ0) is 13.0. The van der Waals surface area contributed by atoms with Gasteiger partial charge in [-0.15, -0.1) is 0 Å². The third-order valence-corrected chi connectivity index (χ3v) is 2.87. The topological polar surface area (TPSA) is 37.3 Å². The van der Waals surface area contributed by atoms with E-state index in [9.17, 15) is 4.79 Å². The van der Waals surface area contributed by atoms with Crippen LogP contribution in [0.3, 0.4) is 0 Å². The Morgan fingerprint density at radius 3 is 2.44 bits per heavy atom. The number of carboxylic acids is 1. The van der Waals surface area contributed by atoms with Crippen LogP contribution in [-0.4, -0.2) is 11.1 Å². The van der Waals surface area contributed by atoms with Crippen molar-refractivity contribution in [2.75, 3.05) is 0 Å². The van der Waals surface area contributed by atoms with Crippen molar-refractivity contribution in [2.24, 2.45) is 0 Å². The largest absolute Gasteiger partial charge is 0.478 e. The Hall–Kier alpha value is -2.35. The highest BCUT2D eigenvalue weighted by Gasteiger charge is 2.11. The first-order valence-corrected chi connectivity index (χ1v) is 5.74. The third kappa shape index (κ3) is 2.48. The number of aromatic carboxylic acids is 1. The number of hydrogen-bond donors (Lipinski definition) is 1. The second-order valence-corrected chi connectivity index (χ2v) is 4.05. The molecule has 0 atom stereocenters. The van der Waals surface area contributed by atoms with Crippen LogP contribution >= 0.6 is 0 Å². The summed E-state index contributed by atoms with van der Waals surface area (Å²) >= 11 is 0. The van der Waals surface area contributed by atoms with Gasteiger partial charge in [-0.1, -0.05) is 55.1 Å². The Kier molecular flexibility index (Phi) is 3.58. The molecule has 1 N–H and O–H groups in total. The molecule has 0 aliphatic heterocycles.